The van der Waals surface area contributed by atoms with Crippen molar-refractivity contribution in [2.24, 2.45) is 0 Å². The first-order valence-electron chi connectivity index (χ1n) is 9.02. The van der Waals surface area contributed by atoms with E-state index in [1.54, 1.807) is 13.4 Å². The molecule has 0 spiro atoms. The Labute approximate surface area is 174 Å². The number of rotatable bonds is 8. The van der Waals surface area contributed by atoms with Gasteiger partial charge in [-0.3, -0.25) is 19.2 Å². The van der Waals surface area contributed by atoms with Crippen LogP contribution in [-0.2, 0) is 6.54 Å². The van der Waals surface area contributed by atoms with E-state index in [9.17, 15) is 14.9 Å². The summed E-state index contributed by atoms with van der Waals surface area (Å²) in [6.45, 7) is 0.364. The lowest BCUT2D eigenvalue weighted by Crippen LogP contribution is -2.14. The van der Waals surface area contributed by atoms with Crippen LogP contribution in [0.15, 0.2) is 63.2 Å². The number of aromatic nitrogens is 4. The van der Waals surface area contributed by atoms with Crippen molar-refractivity contribution in [1.29, 1.82) is 0 Å². The van der Waals surface area contributed by atoms with Gasteiger partial charge in [0.2, 0.25) is 0 Å². The lowest BCUT2D eigenvalue weighted by atomic mass is 10.3. The molecule has 0 unspecified atom stereocenters. The maximum absolute atomic E-state index is 12.1. The van der Waals surface area contributed by atoms with Crippen LogP contribution >= 0.6 is 11.8 Å². The molecule has 2 aromatic heterocycles. The molecule has 11 heteroatoms. The van der Waals surface area contributed by atoms with Gasteiger partial charge in [0.15, 0.2) is 10.7 Å². The van der Waals surface area contributed by atoms with E-state index in [1.807, 2.05) is 28.8 Å². The third-order valence-corrected chi connectivity index (χ3v) is 5.51. The molecule has 0 radical (unpaired) electrons. The Morgan fingerprint density at radius 3 is 2.90 bits per heavy atom. The summed E-state index contributed by atoms with van der Waals surface area (Å²) in [5, 5.41) is 19.8. The van der Waals surface area contributed by atoms with E-state index in [-0.39, 0.29) is 5.69 Å². The van der Waals surface area contributed by atoms with Crippen LogP contribution in [0, 0.1) is 10.1 Å². The Morgan fingerprint density at radius 2 is 2.10 bits per heavy atom. The molecule has 0 fully saturated rings. The summed E-state index contributed by atoms with van der Waals surface area (Å²) in [5.74, 6) is 0.826. The van der Waals surface area contributed by atoms with E-state index in [2.05, 4.69) is 10.2 Å². The molecule has 4 rings (SSSR count). The lowest BCUT2D eigenvalue weighted by Gasteiger charge is -2.10. The molecule has 30 heavy (non-hydrogen) atoms. The standard InChI is InChI=1S/C19H17N5O5S/c1-28-16-6-3-2-5-14(16)23-12-20-21-18(23)30-10-4-9-22-15-11-13(24(26)27)7-8-17(15)29-19(22)25/h2-3,5-8,11-12H,4,9-10H2,1H3. The number of aryl methyl sites for hydroxylation is 1. The van der Waals surface area contributed by atoms with Gasteiger partial charge in [0.25, 0.3) is 5.69 Å². The van der Waals surface area contributed by atoms with Crippen molar-refractivity contribution in [3.8, 4) is 11.4 Å². The number of non-ortho nitro benzene ring substituents is 1. The first-order valence-corrected chi connectivity index (χ1v) is 10.0. The molecule has 2 heterocycles. The van der Waals surface area contributed by atoms with Crippen LogP contribution in [-0.4, -0.2) is 37.1 Å². The van der Waals surface area contributed by atoms with Gasteiger partial charge in [-0.25, -0.2) is 4.79 Å². The third-order valence-electron chi connectivity index (χ3n) is 4.48. The zero-order chi connectivity index (χ0) is 21.1. The van der Waals surface area contributed by atoms with Gasteiger partial charge in [0.05, 0.1) is 23.2 Å². The van der Waals surface area contributed by atoms with Gasteiger partial charge in [0, 0.05) is 24.4 Å². The summed E-state index contributed by atoms with van der Waals surface area (Å²) < 4.78 is 13.8. The monoisotopic (exact) mass is 427 g/mol. The molecule has 0 saturated heterocycles. The average molecular weight is 427 g/mol. The summed E-state index contributed by atoms with van der Waals surface area (Å²) in [6, 6.07) is 11.7. The predicted molar refractivity (Wildman–Crippen MR) is 110 cm³/mol. The van der Waals surface area contributed by atoms with Crippen molar-refractivity contribution in [2.45, 2.75) is 18.1 Å². The molecule has 4 aromatic rings. The van der Waals surface area contributed by atoms with Gasteiger partial charge in [0.1, 0.15) is 12.1 Å². The fraction of sp³-hybridized carbons (Fsp3) is 0.211. The Hall–Kier alpha value is -3.60. The molecule has 2 aromatic carbocycles. The summed E-state index contributed by atoms with van der Waals surface area (Å²) >= 11 is 1.49. The number of para-hydroxylation sites is 2. The first kappa shape index (κ1) is 19.7. The second kappa shape index (κ2) is 8.41. The first-order chi connectivity index (χ1) is 14.6. The minimum Gasteiger partial charge on any atom is -0.495 e. The number of nitro benzene ring substituents is 1. The number of methoxy groups -OCH3 is 1. The number of nitro groups is 1. The zero-order valence-corrected chi connectivity index (χ0v) is 16.7. The normalized spacial score (nSPS) is 11.1. The van der Waals surface area contributed by atoms with Crippen molar-refractivity contribution in [1.82, 2.24) is 19.3 Å². The number of fused-ring (bicyclic) bond motifs is 1. The molecular weight excluding hydrogens is 410 g/mol. The molecule has 10 nitrogen and oxygen atoms in total. The fourth-order valence-corrected chi connectivity index (χ4v) is 3.92. The lowest BCUT2D eigenvalue weighted by molar-refractivity contribution is -0.384. The minimum atomic E-state index is -0.535. The topological polar surface area (TPSA) is 118 Å². The average Bonchev–Trinajstić information content (AvgIpc) is 3.34. The number of nitrogens with zero attached hydrogens (tertiary/aromatic N) is 5. The molecule has 0 N–H and O–H groups in total. The molecule has 0 saturated carbocycles. The molecule has 0 aliphatic rings. The summed E-state index contributed by atoms with van der Waals surface area (Å²) in [5.41, 5.74) is 1.48. The minimum absolute atomic E-state index is 0.0867. The molecule has 0 bridgehead atoms. The highest BCUT2D eigenvalue weighted by Crippen LogP contribution is 2.27. The number of oxazole rings is 1. The van der Waals surface area contributed by atoms with Gasteiger partial charge < -0.3 is 9.15 Å². The summed E-state index contributed by atoms with van der Waals surface area (Å²) in [7, 11) is 1.60. The van der Waals surface area contributed by atoms with Gasteiger partial charge in [-0.05, 0) is 24.6 Å². The smallest absolute Gasteiger partial charge is 0.419 e. The maximum atomic E-state index is 12.1. The van der Waals surface area contributed by atoms with Crippen LogP contribution in [0.4, 0.5) is 5.69 Å². The molecule has 0 amide bonds. The Morgan fingerprint density at radius 1 is 1.27 bits per heavy atom. The van der Waals surface area contributed by atoms with Crippen molar-refractivity contribution in [3.63, 3.8) is 0 Å². The Kier molecular flexibility index (Phi) is 5.53. The Bertz CT molecular complexity index is 1260. The maximum Gasteiger partial charge on any atom is 0.419 e. The Balaban J connectivity index is 1.46. The van der Waals surface area contributed by atoms with Gasteiger partial charge in [-0.15, -0.1) is 10.2 Å². The van der Waals surface area contributed by atoms with Gasteiger partial charge in [-0.1, -0.05) is 23.9 Å². The van der Waals surface area contributed by atoms with Crippen molar-refractivity contribution in [2.75, 3.05) is 12.9 Å². The second-order valence-electron chi connectivity index (χ2n) is 6.29. The summed E-state index contributed by atoms with van der Waals surface area (Å²) in [6.07, 6.45) is 2.24. The van der Waals surface area contributed by atoms with Crippen LogP contribution in [0.5, 0.6) is 5.75 Å². The SMILES string of the molecule is COc1ccccc1-n1cnnc1SCCCn1c(=O)oc2ccc([N+](=O)[O-])cc21. The molecule has 0 atom stereocenters. The molecular formula is C19H17N5O5S. The number of benzene rings is 2. The summed E-state index contributed by atoms with van der Waals surface area (Å²) in [4.78, 5) is 22.6. The number of hydrogen-bond donors (Lipinski definition) is 0. The highest BCUT2D eigenvalue weighted by atomic mass is 32.2. The second-order valence-corrected chi connectivity index (χ2v) is 7.35. The number of hydrogen-bond acceptors (Lipinski definition) is 8. The quantitative estimate of drug-likeness (QED) is 0.182. The molecule has 154 valence electrons. The highest BCUT2D eigenvalue weighted by molar-refractivity contribution is 7.99. The third kappa shape index (κ3) is 3.79. The largest absolute Gasteiger partial charge is 0.495 e. The van der Waals surface area contributed by atoms with E-state index in [1.165, 1.54) is 34.5 Å². The van der Waals surface area contributed by atoms with E-state index < -0.39 is 10.7 Å². The molecule has 0 aliphatic carbocycles. The number of thioether (sulfide) groups is 1. The number of ether oxygens (including phenoxy) is 1. The van der Waals surface area contributed by atoms with Crippen molar-refractivity contribution >= 4 is 28.5 Å². The van der Waals surface area contributed by atoms with Crippen molar-refractivity contribution in [3.05, 3.63) is 69.5 Å². The highest BCUT2D eigenvalue weighted by Gasteiger charge is 2.15. The molecule has 0 aliphatic heterocycles. The van der Waals surface area contributed by atoms with Gasteiger partial charge >= 0.3 is 5.76 Å². The van der Waals surface area contributed by atoms with E-state index >= 15 is 0 Å². The van der Waals surface area contributed by atoms with Crippen LogP contribution in [0.2, 0.25) is 0 Å². The fourth-order valence-electron chi connectivity index (χ4n) is 3.08. The van der Waals surface area contributed by atoms with Crippen LogP contribution < -0.4 is 10.5 Å². The zero-order valence-electron chi connectivity index (χ0n) is 15.9. The van der Waals surface area contributed by atoms with Crippen LogP contribution in [0.3, 0.4) is 0 Å². The van der Waals surface area contributed by atoms with E-state index in [0.29, 0.717) is 40.7 Å². The predicted octanol–water partition coefficient (Wildman–Crippen LogP) is 3.27. The van der Waals surface area contributed by atoms with Crippen LogP contribution in [0.25, 0.3) is 16.8 Å². The van der Waals surface area contributed by atoms with E-state index in [4.69, 9.17) is 9.15 Å². The van der Waals surface area contributed by atoms with Gasteiger partial charge in [-0.2, -0.15) is 0 Å². The van der Waals surface area contributed by atoms with Crippen molar-refractivity contribution < 1.29 is 14.1 Å². The van der Waals surface area contributed by atoms with E-state index in [0.717, 1.165) is 5.69 Å². The van der Waals surface area contributed by atoms with Crippen LogP contribution in [0.1, 0.15) is 6.42 Å².